The second-order valence-electron chi connectivity index (χ2n) is 6.95. The van der Waals surface area contributed by atoms with E-state index in [4.69, 9.17) is 9.47 Å². The van der Waals surface area contributed by atoms with E-state index in [1.165, 1.54) is 29.6 Å². The number of hydrogen-bond donors (Lipinski definition) is 1. The maximum absolute atomic E-state index is 12.8. The van der Waals surface area contributed by atoms with Gasteiger partial charge in [-0.1, -0.05) is 19.9 Å². The molecule has 7 nitrogen and oxygen atoms in total. The highest BCUT2D eigenvalue weighted by Crippen LogP contribution is 2.29. The summed E-state index contributed by atoms with van der Waals surface area (Å²) in [4.78, 5) is 12.8. The number of benzene rings is 2. The Balaban J connectivity index is 2.25. The van der Waals surface area contributed by atoms with Crippen LogP contribution in [0.25, 0.3) is 0 Å². The van der Waals surface area contributed by atoms with Crippen molar-refractivity contribution in [1.82, 2.24) is 4.31 Å². The third-order valence-electron chi connectivity index (χ3n) is 4.93. The standard InChI is InChI=1S/C22H30N2O5S/c1-7-24(8-2)30(26,27)19-11-12-21(28-6)20(14-19)23-22(25)17(5)29-18-10-9-15(3)16(4)13-18/h9-14,17H,7-8H2,1-6H3,(H,23,25). The Morgan fingerprint density at radius 2 is 1.73 bits per heavy atom. The second kappa shape index (κ2) is 9.95. The molecule has 0 radical (unpaired) electrons. The molecule has 0 aromatic heterocycles. The molecule has 1 unspecified atom stereocenters. The number of methoxy groups -OCH3 is 1. The first kappa shape index (κ1) is 23.7. The van der Waals surface area contributed by atoms with E-state index in [9.17, 15) is 13.2 Å². The molecule has 2 aromatic rings. The summed E-state index contributed by atoms with van der Waals surface area (Å²) in [5.74, 6) is 0.537. The number of carbonyl (C=O) groups is 1. The second-order valence-corrected chi connectivity index (χ2v) is 8.88. The molecular formula is C22H30N2O5S. The zero-order valence-corrected chi connectivity index (χ0v) is 19.2. The molecule has 0 fully saturated rings. The molecule has 0 spiro atoms. The predicted octanol–water partition coefficient (Wildman–Crippen LogP) is 3.75. The average molecular weight is 435 g/mol. The fourth-order valence-corrected chi connectivity index (χ4v) is 4.42. The van der Waals surface area contributed by atoms with Crippen molar-refractivity contribution in [3.63, 3.8) is 0 Å². The summed E-state index contributed by atoms with van der Waals surface area (Å²) < 4.78 is 38.0. The van der Waals surface area contributed by atoms with Crippen molar-refractivity contribution in [1.29, 1.82) is 0 Å². The van der Waals surface area contributed by atoms with Gasteiger partial charge in [0.15, 0.2) is 6.10 Å². The minimum absolute atomic E-state index is 0.0880. The normalized spacial score (nSPS) is 12.5. The van der Waals surface area contributed by atoms with Gasteiger partial charge < -0.3 is 14.8 Å². The lowest BCUT2D eigenvalue weighted by Crippen LogP contribution is -2.31. The minimum Gasteiger partial charge on any atom is -0.495 e. The first-order valence-corrected chi connectivity index (χ1v) is 11.3. The predicted molar refractivity (Wildman–Crippen MR) is 118 cm³/mol. The van der Waals surface area contributed by atoms with Crippen LogP contribution in [-0.4, -0.2) is 44.9 Å². The fourth-order valence-electron chi connectivity index (χ4n) is 2.94. The highest BCUT2D eigenvalue weighted by atomic mass is 32.2. The van der Waals surface area contributed by atoms with Crippen LogP contribution in [0, 0.1) is 13.8 Å². The molecule has 0 aliphatic carbocycles. The number of amides is 1. The molecule has 0 saturated carbocycles. The molecular weight excluding hydrogens is 404 g/mol. The Hall–Kier alpha value is -2.58. The van der Waals surface area contributed by atoms with E-state index in [0.717, 1.165) is 11.1 Å². The highest BCUT2D eigenvalue weighted by molar-refractivity contribution is 7.89. The number of aryl methyl sites for hydroxylation is 2. The van der Waals surface area contributed by atoms with Gasteiger partial charge in [-0.05, 0) is 62.2 Å². The summed E-state index contributed by atoms with van der Waals surface area (Å²) in [6, 6.07) is 10.0. The van der Waals surface area contributed by atoms with Crippen molar-refractivity contribution in [3.8, 4) is 11.5 Å². The fraction of sp³-hybridized carbons (Fsp3) is 0.409. The third kappa shape index (κ3) is 5.31. The van der Waals surface area contributed by atoms with E-state index in [-0.39, 0.29) is 10.6 Å². The number of anilines is 1. The summed E-state index contributed by atoms with van der Waals surface area (Å²) in [6.45, 7) is 9.87. The van der Waals surface area contributed by atoms with Crippen molar-refractivity contribution in [3.05, 3.63) is 47.5 Å². The topological polar surface area (TPSA) is 84.9 Å². The average Bonchev–Trinajstić information content (AvgIpc) is 2.71. The van der Waals surface area contributed by atoms with Crippen LogP contribution in [0.15, 0.2) is 41.3 Å². The Morgan fingerprint density at radius 1 is 1.07 bits per heavy atom. The maximum Gasteiger partial charge on any atom is 0.265 e. The van der Waals surface area contributed by atoms with Crippen LogP contribution >= 0.6 is 0 Å². The van der Waals surface area contributed by atoms with Gasteiger partial charge in [-0.25, -0.2) is 8.42 Å². The van der Waals surface area contributed by atoms with Gasteiger partial charge in [0.05, 0.1) is 17.7 Å². The van der Waals surface area contributed by atoms with Gasteiger partial charge in [0.25, 0.3) is 5.91 Å². The SMILES string of the molecule is CCN(CC)S(=O)(=O)c1ccc(OC)c(NC(=O)C(C)Oc2ccc(C)c(C)c2)c1. The number of nitrogens with one attached hydrogen (secondary N) is 1. The molecule has 30 heavy (non-hydrogen) atoms. The Labute approximate surface area is 179 Å². The quantitative estimate of drug-likeness (QED) is 0.650. The van der Waals surface area contributed by atoms with Gasteiger partial charge >= 0.3 is 0 Å². The van der Waals surface area contributed by atoms with Crippen LogP contribution in [0.2, 0.25) is 0 Å². The molecule has 2 aromatic carbocycles. The smallest absolute Gasteiger partial charge is 0.265 e. The Kier molecular flexibility index (Phi) is 7.86. The summed E-state index contributed by atoms with van der Waals surface area (Å²) in [5.41, 5.74) is 2.47. The largest absolute Gasteiger partial charge is 0.495 e. The van der Waals surface area contributed by atoms with E-state index < -0.39 is 22.0 Å². The molecule has 0 heterocycles. The van der Waals surface area contributed by atoms with Gasteiger partial charge in [0.2, 0.25) is 10.0 Å². The molecule has 2 rings (SSSR count). The zero-order chi connectivity index (χ0) is 22.5. The first-order chi connectivity index (χ1) is 14.1. The van der Waals surface area contributed by atoms with Crippen molar-refractivity contribution in [2.75, 3.05) is 25.5 Å². The van der Waals surface area contributed by atoms with E-state index in [0.29, 0.717) is 24.6 Å². The van der Waals surface area contributed by atoms with Crippen LogP contribution in [0.3, 0.4) is 0 Å². The summed E-state index contributed by atoms with van der Waals surface area (Å²) in [7, 11) is -2.21. The van der Waals surface area contributed by atoms with Crippen LogP contribution in [-0.2, 0) is 14.8 Å². The van der Waals surface area contributed by atoms with Gasteiger partial charge in [0, 0.05) is 13.1 Å². The number of hydrogen-bond acceptors (Lipinski definition) is 5. The first-order valence-electron chi connectivity index (χ1n) is 9.87. The number of rotatable bonds is 9. The van der Waals surface area contributed by atoms with Crippen LogP contribution in [0.1, 0.15) is 31.9 Å². The highest BCUT2D eigenvalue weighted by Gasteiger charge is 2.24. The molecule has 1 amide bonds. The van der Waals surface area contributed by atoms with Gasteiger partial charge in [-0.3, -0.25) is 4.79 Å². The number of carbonyl (C=O) groups excluding carboxylic acids is 1. The van der Waals surface area contributed by atoms with Crippen molar-refractivity contribution >= 4 is 21.6 Å². The molecule has 0 aliphatic heterocycles. The van der Waals surface area contributed by atoms with Crippen LogP contribution in [0.4, 0.5) is 5.69 Å². The van der Waals surface area contributed by atoms with E-state index in [1.54, 1.807) is 20.8 Å². The van der Waals surface area contributed by atoms with E-state index >= 15 is 0 Å². The lowest BCUT2D eigenvalue weighted by atomic mass is 10.1. The van der Waals surface area contributed by atoms with Crippen molar-refractivity contribution in [2.45, 2.75) is 45.6 Å². The molecule has 1 atom stereocenters. The summed E-state index contributed by atoms with van der Waals surface area (Å²) >= 11 is 0. The molecule has 0 bridgehead atoms. The van der Waals surface area contributed by atoms with Crippen molar-refractivity contribution < 1.29 is 22.7 Å². The van der Waals surface area contributed by atoms with Crippen LogP contribution < -0.4 is 14.8 Å². The van der Waals surface area contributed by atoms with Gasteiger partial charge in [0.1, 0.15) is 11.5 Å². The van der Waals surface area contributed by atoms with Gasteiger partial charge in [-0.15, -0.1) is 0 Å². The minimum atomic E-state index is -3.67. The molecule has 0 aliphatic rings. The summed E-state index contributed by atoms with van der Waals surface area (Å²) in [6.07, 6.45) is -0.792. The third-order valence-corrected chi connectivity index (χ3v) is 6.98. The Bertz CT molecular complexity index is 1000. The van der Waals surface area contributed by atoms with Crippen molar-refractivity contribution in [2.24, 2.45) is 0 Å². The lowest BCUT2D eigenvalue weighted by Gasteiger charge is -2.20. The summed E-state index contributed by atoms with van der Waals surface area (Å²) in [5, 5.41) is 2.72. The maximum atomic E-state index is 12.8. The molecule has 1 N–H and O–H groups in total. The molecule has 8 heteroatoms. The molecule has 0 saturated heterocycles. The number of sulfonamides is 1. The Morgan fingerprint density at radius 3 is 2.30 bits per heavy atom. The monoisotopic (exact) mass is 434 g/mol. The van der Waals surface area contributed by atoms with Gasteiger partial charge in [-0.2, -0.15) is 4.31 Å². The zero-order valence-electron chi connectivity index (χ0n) is 18.4. The van der Waals surface area contributed by atoms with E-state index in [2.05, 4.69) is 5.32 Å². The number of nitrogens with zero attached hydrogens (tertiary/aromatic N) is 1. The van der Waals surface area contributed by atoms with E-state index in [1.807, 2.05) is 32.0 Å². The van der Waals surface area contributed by atoms with Crippen LogP contribution in [0.5, 0.6) is 11.5 Å². The number of ether oxygens (including phenoxy) is 2. The molecule has 164 valence electrons. The lowest BCUT2D eigenvalue weighted by molar-refractivity contribution is -0.122.